The van der Waals surface area contributed by atoms with Gasteiger partial charge in [-0.15, -0.1) is 0 Å². The predicted molar refractivity (Wildman–Crippen MR) is 79.4 cm³/mol. The van der Waals surface area contributed by atoms with Crippen LogP contribution in [0.1, 0.15) is 54.9 Å². The molecule has 1 aliphatic carbocycles. The lowest BCUT2D eigenvalue weighted by molar-refractivity contribution is -0.0500. The first kappa shape index (κ1) is 18.6. The minimum Gasteiger partial charge on any atom is -0.478 e. The molecule has 9 heteroatoms. The summed E-state index contributed by atoms with van der Waals surface area (Å²) in [5.41, 5.74) is -5.83. The molecular formula is C15H17F3O5S. The molecule has 0 aromatic heterocycles. The van der Waals surface area contributed by atoms with Crippen molar-refractivity contribution in [2.75, 3.05) is 0 Å². The molecule has 5 nitrogen and oxygen atoms in total. The molecule has 1 aromatic rings. The molecule has 1 atom stereocenters. The van der Waals surface area contributed by atoms with Gasteiger partial charge in [-0.25, -0.2) is 4.79 Å². The van der Waals surface area contributed by atoms with Crippen LogP contribution in [-0.4, -0.2) is 25.0 Å². The Balaban J connectivity index is 2.54. The molecular weight excluding hydrogens is 349 g/mol. The van der Waals surface area contributed by atoms with Gasteiger partial charge in [-0.2, -0.15) is 21.6 Å². The van der Waals surface area contributed by atoms with Crippen LogP contribution in [0.3, 0.4) is 0 Å². The van der Waals surface area contributed by atoms with Crippen LogP contribution in [0.5, 0.6) is 5.75 Å². The van der Waals surface area contributed by atoms with Gasteiger partial charge in [-0.1, -0.05) is 20.3 Å². The first-order valence-electron chi connectivity index (χ1n) is 7.23. The lowest BCUT2D eigenvalue weighted by Gasteiger charge is -2.29. The molecule has 1 aliphatic rings. The van der Waals surface area contributed by atoms with Crippen molar-refractivity contribution < 1.29 is 35.7 Å². The number of alkyl halides is 3. The number of hydrogen-bond acceptors (Lipinski definition) is 4. The van der Waals surface area contributed by atoms with Crippen molar-refractivity contribution in [1.29, 1.82) is 0 Å². The van der Waals surface area contributed by atoms with E-state index in [2.05, 4.69) is 4.18 Å². The van der Waals surface area contributed by atoms with Gasteiger partial charge in [0.05, 0.1) is 5.56 Å². The second kappa shape index (κ2) is 5.94. The second-order valence-electron chi connectivity index (χ2n) is 6.47. The molecule has 1 saturated carbocycles. The fraction of sp³-hybridized carbons (Fsp3) is 0.533. The van der Waals surface area contributed by atoms with E-state index in [1.54, 1.807) is 0 Å². The molecule has 0 amide bonds. The third-order valence-electron chi connectivity index (χ3n) is 4.37. The summed E-state index contributed by atoms with van der Waals surface area (Å²) in [6, 6.07) is 3.19. The summed E-state index contributed by atoms with van der Waals surface area (Å²) in [4.78, 5) is 11.1. The third kappa shape index (κ3) is 3.50. The zero-order valence-corrected chi connectivity index (χ0v) is 13.9. The first-order chi connectivity index (χ1) is 10.8. The molecule has 1 N–H and O–H groups in total. The van der Waals surface area contributed by atoms with Gasteiger partial charge in [0.1, 0.15) is 5.75 Å². The van der Waals surface area contributed by atoms with Crippen LogP contribution in [0.15, 0.2) is 18.2 Å². The fourth-order valence-corrected chi connectivity index (χ4v) is 3.58. The summed E-state index contributed by atoms with van der Waals surface area (Å²) in [5, 5.41) is 9.10. The predicted octanol–water partition coefficient (Wildman–Crippen LogP) is 3.91. The van der Waals surface area contributed by atoms with Gasteiger partial charge < -0.3 is 9.29 Å². The number of rotatable bonds is 4. The highest BCUT2D eigenvalue weighted by Crippen LogP contribution is 2.51. The Morgan fingerprint density at radius 3 is 2.42 bits per heavy atom. The Morgan fingerprint density at radius 2 is 1.96 bits per heavy atom. The maximum Gasteiger partial charge on any atom is 0.534 e. The van der Waals surface area contributed by atoms with Crippen LogP contribution in [0.25, 0.3) is 0 Å². The van der Waals surface area contributed by atoms with E-state index in [0.717, 1.165) is 25.0 Å². The molecule has 134 valence electrons. The van der Waals surface area contributed by atoms with Gasteiger partial charge in [0, 0.05) is 5.56 Å². The molecule has 2 rings (SSSR count). The molecule has 24 heavy (non-hydrogen) atoms. The average molecular weight is 366 g/mol. The van der Waals surface area contributed by atoms with Crippen LogP contribution in [-0.2, 0) is 10.1 Å². The summed E-state index contributed by atoms with van der Waals surface area (Å²) in [6.07, 6.45) is 2.21. The van der Waals surface area contributed by atoms with Crippen LogP contribution in [0, 0.1) is 5.41 Å². The summed E-state index contributed by atoms with van der Waals surface area (Å²) in [5.74, 6) is -2.02. The summed E-state index contributed by atoms with van der Waals surface area (Å²) < 4.78 is 64.6. The van der Waals surface area contributed by atoms with E-state index < -0.39 is 27.3 Å². The minimum absolute atomic E-state index is 0.135. The van der Waals surface area contributed by atoms with Gasteiger partial charge in [-0.3, -0.25) is 0 Å². The van der Waals surface area contributed by atoms with Crippen molar-refractivity contribution in [3.63, 3.8) is 0 Å². The Morgan fingerprint density at radius 1 is 1.33 bits per heavy atom. The maximum absolute atomic E-state index is 12.6. The molecule has 1 aromatic carbocycles. The van der Waals surface area contributed by atoms with Crippen molar-refractivity contribution in [2.45, 2.75) is 44.5 Å². The van der Waals surface area contributed by atoms with Gasteiger partial charge in [0.25, 0.3) is 0 Å². The van der Waals surface area contributed by atoms with E-state index in [1.165, 1.54) is 6.07 Å². The van der Waals surface area contributed by atoms with E-state index in [1.807, 2.05) is 13.8 Å². The fourth-order valence-electron chi connectivity index (χ4n) is 3.10. The van der Waals surface area contributed by atoms with E-state index >= 15 is 0 Å². The van der Waals surface area contributed by atoms with E-state index in [-0.39, 0.29) is 22.5 Å². The molecule has 0 aliphatic heterocycles. The topological polar surface area (TPSA) is 80.7 Å². The van der Waals surface area contributed by atoms with Gasteiger partial charge in [0.15, 0.2) is 0 Å². The van der Waals surface area contributed by atoms with Crippen LogP contribution in [0.4, 0.5) is 13.2 Å². The highest BCUT2D eigenvalue weighted by atomic mass is 32.2. The number of hydrogen-bond donors (Lipinski definition) is 1. The van der Waals surface area contributed by atoms with Gasteiger partial charge in [0.2, 0.25) is 0 Å². The molecule has 0 saturated heterocycles. The number of carboxylic acids is 1. The number of aromatic carboxylic acids is 1. The zero-order valence-electron chi connectivity index (χ0n) is 13.1. The Hall–Kier alpha value is -1.77. The molecule has 0 spiro atoms. The van der Waals surface area contributed by atoms with Crippen molar-refractivity contribution >= 4 is 16.1 Å². The second-order valence-corrected chi connectivity index (χ2v) is 8.01. The molecule has 0 bridgehead atoms. The average Bonchev–Trinajstić information content (AvgIpc) is 2.76. The number of benzene rings is 1. The van der Waals surface area contributed by atoms with Crippen molar-refractivity contribution in [2.24, 2.45) is 5.41 Å². The van der Waals surface area contributed by atoms with Crippen LogP contribution >= 0.6 is 0 Å². The normalized spacial score (nSPS) is 20.8. The monoisotopic (exact) mass is 366 g/mol. The molecule has 0 radical (unpaired) electrons. The smallest absolute Gasteiger partial charge is 0.478 e. The lowest BCUT2D eigenvalue weighted by atomic mass is 9.77. The highest BCUT2D eigenvalue weighted by molar-refractivity contribution is 7.88. The summed E-state index contributed by atoms with van der Waals surface area (Å²) in [6.45, 7) is 3.81. The summed E-state index contributed by atoms with van der Waals surface area (Å²) >= 11 is 0. The Labute approximate surface area is 137 Å². The number of carboxylic acid groups (broad SMARTS) is 1. The molecule has 1 fully saturated rings. The largest absolute Gasteiger partial charge is 0.534 e. The van der Waals surface area contributed by atoms with Crippen molar-refractivity contribution in [3.05, 3.63) is 29.3 Å². The van der Waals surface area contributed by atoms with Gasteiger partial charge in [-0.05, 0) is 42.4 Å². The summed E-state index contributed by atoms with van der Waals surface area (Å²) in [7, 11) is -5.82. The van der Waals surface area contributed by atoms with Crippen LogP contribution in [0.2, 0.25) is 0 Å². The molecule has 1 unspecified atom stereocenters. The van der Waals surface area contributed by atoms with Gasteiger partial charge >= 0.3 is 21.6 Å². The number of halogens is 3. The highest BCUT2D eigenvalue weighted by Gasteiger charge is 2.49. The maximum atomic E-state index is 12.6. The third-order valence-corrected chi connectivity index (χ3v) is 5.34. The SMILES string of the molecule is CC1(C)CCCC1c1cc(C(=O)O)ccc1OS(=O)(=O)C(F)(F)F. The van der Waals surface area contributed by atoms with E-state index in [9.17, 15) is 26.4 Å². The quantitative estimate of drug-likeness (QED) is 0.645. The van der Waals surface area contributed by atoms with Crippen LogP contribution < -0.4 is 4.18 Å². The minimum atomic E-state index is -5.82. The first-order valence-corrected chi connectivity index (χ1v) is 8.64. The lowest BCUT2D eigenvalue weighted by Crippen LogP contribution is -2.29. The Bertz CT molecular complexity index is 753. The standard InChI is InChI=1S/C15H17F3O5S/c1-14(2)7-3-4-11(14)10-8-9(13(19)20)5-6-12(10)23-24(21,22)15(16,17)18/h5-6,8,11H,3-4,7H2,1-2H3,(H,19,20). The zero-order chi connectivity index (χ0) is 18.3. The Kier molecular flexibility index (Phi) is 4.60. The van der Waals surface area contributed by atoms with Crippen molar-refractivity contribution in [3.8, 4) is 5.75 Å². The van der Waals surface area contributed by atoms with E-state index in [0.29, 0.717) is 6.42 Å². The van der Waals surface area contributed by atoms with E-state index in [4.69, 9.17) is 5.11 Å². The molecule has 0 heterocycles. The number of carbonyl (C=O) groups is 1. The van der Waals surface area contributed by atoms with Crippen molar-refractivity contribution in [1.82, 2.24) is 0 Å².